The summed E-state index contributed by atoms with van der Waals surface area (Å²) in [4.78, 5) is 4.95. The van der Waals surface area contributed by atoms with E-state index < -0.39 is 0 Å². The summed E-state index contributed by atoms with van der Waals surface area (Å²) in [6.45, 7) is 1.89. The predicted molar refractivity (Wildman–Crippen MR) is 104 cm³/mol. The second-order valence-corrected chi connectivity index (χ2v) is 7.11. The zero-order chi connectivity index (χ0) is 16.6. The fraction of sp³-hybridized carbons (Fsp3) is 0.261. The maximum absolute atomic E-state index is 4.95. The zero-order valence-corrected chi connectivity index (χ0v) is 14.4. The number of aliphatic imine (C=N–C) groups is 1. The molecule has 2 aromatic carbocycles. The molecule has 0 amide bonds. The fourth-order valence-electron chi connectivity index (χ4n) is 4.39. The molecule has 0 unspecified atom stereocenters. The normalized spacial score (nSPS) is 18.8. The summed E-state index contributed by atoms with van der Waals surface area (Å²) in [6, 6.07) is 19.6. The third-order valence-electron chi connectivity index (χ3n) is 5.52. The molecule has 2 aromatic rings. The Bertz CT molecular complexity index is 916. The maximum atomic E-state index is 4.95. The van der Waals surface area contributed by atoms with Gasteiger partial charge in [-0.05, 0) is 52.7 Å². The molecular weight excluding hydrogens is 304 g/mol. The molecule has 0 radical (unpaired) electrons. The molecule has 0 saturated carbocycles. The van der Waals surface area contributed by atoms with E-state index in [1.807, 2.05) is 0 Å². The van der Waals surface area contributed by atoms with E-state index in [1.165, 1.54) is 39.2 Å². The zero-order valence-electron chi connectivity index (χ0n) is 14.4. The topological polar surface area (TPSA) is 24.4 Å². The number of benzene rings is 2. The van der Waals surface area contributed by atoms with Crippen molar-refractivity contribution in [2.45, 2.75) is 25.7 Å². The number of hydrogen-bond acceptors (Lipinski definition) is 2. The molecule has 0 aromatic heterocycles. The van der Waals surface area contributed by atoms with Gasteiger partial charge in [0.05, 0.1) is 11.4 Å². The molecule has 0 spiro atoms. The van der Waals surface area contributed by atoms with Crippen molar-refractivity contribution in [2.75, 3.05) is 13.1 Å². The summed E-state index contributed by atoms with van der Waals surface area (Å²) in [7, 11) is 0. The third kappa shape index (κ3) is 2.53. The molecule has 5 rings (SSSR count). The van der Waals surface area contributed by atoms with Gasteiger partial charge in [-0.15, -0.1) is 0 Å². The van der Waals surface area contributed by atoms with Crippen LogP contribution < -0.4 is 5.32 Å². The molecule has 0 bridgehead atoms. The van der Waals surface area contributed by atoms with Gasteiger partial charge in [0.25, 0.3) is 0 Å². The Kier molecular flexibility index (Phi) is 3.55. The van der Waals surface area contributed by atoms with Crippen LogP contribution in [0.2, 0.25) is 0 Å². The highest BCUT2D eigenvalue weighted by Gasteiger charge is 2.30. The summed E-state index contributed by atoms with van der Waals surface area (Å²) < 4.78 is 0. The molecule has 2 heterocycles. The van der Waals surface area contributed by atoms with Crippen LogP contribution in [-0.4, -0.2) is 18.8 Å². The number of allylic oxidation sites excluding steroid dienone is 3. The first-order valence-corrected chi connectivity index (χ1v) is 9.25. The van der Waals surface area contributed by atoms with Gasteiger partial charge >= 0.3 is 0 Å². The lowest BCUT2D eigenvalue weighted by Gasteiger charge is -2.25. The van der Waals surface area contributed by atoms with Gasteiger partial charge in [0.1, 0.15) is 0 Å². The number of dihydropyridines is 1. The van der Waals surface area contributed by atoms with E-state index in [4.69, 9.17) is 4.99 Å². The molecule has 2 nitrogen and oxygen atoms in total. The first-order valence-electron chi connectivity index (χ1n) is 9.25. The van der Waals surface area contributed by atoms with E-state index in [0.717, 1.165) is 38.8 Å². The molecule has 1 N–H and O–H groups in total. The van der Waals surface area contributed by atoms with Gasteiger partial charge in [0.15, 0.2) is 0 Å². The number of rotatable bonds is 2. The lowest BCUT2D eigenvalue weighted by Crippen LogP contribution is -2.29. The monoisotopic (exact) mass is 326 g/mol. The molecule has 0 atom stereocenters. The van der Waals surface area contributed by atoms with Crippen LogP contribution in [0.15, 0.2) is 76.4 Å². The van der Waals surface area contributed by atoms with Crippen molar-refractivity contribution in [3.63, 3.8) is 0 Å². The van der Waals surface area contributed by atoms with Crippen molar-refractivity contribution in [1.82, 2.24) is 5.32 Å². The third-order valence-corrected chi connectivity index (χ3v) is 5.52. The van der Waals surface area contributed by atoms with Crippen molar-refractivity contribution >= 4 is 11.3 Å². The smallest absolute Gasteiger partial charge is 0.0626 e. The van der Waals surface area contributed by atoms with E-state index in [1.54, 1.807) is 5.57 Å². The van der Waals surface area contributed by atoms with E-state index in [-0.39, 0.29) is 0 Å². The average molecular weight is 326 g/mol. The van der Waals surface area contributed by atoms with Crippen LogP contribution in [0.25, 0.3) is 5.57 Å². The minimum Gasteiger partial charge on any atom is -0.380 e. The molecule has 25 heavy (non-hydrogen) atoms. The van der Waals surface area contributed by atoms with Crippen molar-refractivity contribution in [2.24, 2.45) is 4.99 Å². The first-order chi connectivity index (χ1) is 12.4. The Labute approximate surface area is 149 Å². The summed E-state index contributed by atoms with van der Waals surface area (Å²) in [5.41, 5.74) is 11.4. The summed E-state index contributed by atoms with van der Waals surface area (Å²) >= 11 is 0. The molecule has 124 valence electrons. The van der Waals surface area contributed by atoms with E-state index in [9.17, 15) is 0 Å². The number of nitrogens with zero attached hydrogens (tertiary/aromatic N) is 1. The predicted octanol–water partition coefficient (Wildman–Crippen LogP) is 4.33. The number of fused-ring (bicyclic) bond motifs is 3. The summed E-state index contributed by atoms with van der Waals surface area (Å²) in [5.74, 6) is 0. The van der Waals surface area contributed by atoms with Gasteiger partial charge in [-0.2, -0.15) is 0 Å². The summed E-state index contributed by atoms with van der Waals surface area (Å²) in [5, 5.41) is 3.73. The minimum atomic E-state index is 0.914. The second-order valence-electron chi connectivity index (χ2n) is 7.11. The van der Waals surface area contributed by atoms with Gasteiger partial charge in [0.2, 0.25) is 0 Å². The number of hydrogen-bond donors (Lipinski definition) is 1. The second kappa shape index (κ2) is 6.03. The molecule has 3 aliphatic rings. The molecule has 2 heteroatoms. The lowest BCUT2D eigenvalue weighted by molar-refractivity contribution is 0.819. The Morgan fingerprint density at radius 1 is 0.960 bits per heavy atom. The molecule has 1 aliphatic carbocycles. The van der Waals surface area contributed by atoms with E-state index >= 15 is 0 Å². The average Bonchev–Trinajstić information content (AvgIpc) is 2.92. The highest BCUT2D eigenvalue weighted by molar-refractivity contribution is 6.06. The fourth-order valence-corrected chi connectivity index (χ4v) is 4.39. The van der Waals surface area contributed by atoms with Crippen LogP contribution in [-0.2, 0) is 12.8 Å². The molecular formula is C23H22N2. The van der Waals surface area contributed by atoms with Crippen molar-refractivity contribution in [3.05, 3.63) is 88.1 Å². The van der Waals surface area contributed by atoms with Crippen molar-refractivity contribution in [1.29, 1.82) is 0 Å². The quantitative estimate of drug-likeness (QED) is 0.873. The minimum absolute atomic E-state index is 0.914. The van der Waals surface area contributed by atoms with Crippen molar-refractivity contribution < 1.29 is 0 Å². The lowest BCUT2D eigenvalue weighted by atomic mass is 9.88. The van der Waals surface area contributed by atoms with Gasteiger partial charge in [-0.1, -0.05) is 54.6 Å². The van der Waals surface area contributed by atoms with Crippen LogP contribution in [0.5, 0.6) is 0 Å². The number of nitrogens with one attached hydrogen (secondary N) is 1. The van der Waals surface area contributed by atoms with Crippen LogP contribution in [0.1, 0.15) is 29.5 Å². The van der Waals surface area contributed by atoms with Crippen LogP contribution in [0.3, 0.4) is 0 Å². The highest BCUT2D eigenvalue weighted by atomic mass is 14.9. The maximum Gasteiger partial charge on any atom is 0.0626 e. The molecule has 0 fully saturated rings. The van der Waals surface area contributed by atoms with Crippen LogP contribution in [0.4, 0.5) is 0 Å². The van der Waals surface area contributed by atoms with Crippen LogP contribution >= 0.6 is 0 Å². The van der Waals surface area contributed by atoms with Crippen LogP contribution in [0, 0.1) is 0 Å². The first kappa shape index (κ1) is 14.7. The van der Waals surface area contributed by atoms with E-state index in [0.29, 0.717) is 0 Å². The van der Waals surface area contributed by atoms with Gasteiger partial charge in [-0.25, -0.2) is 0 Å². The SMILES string of the molecule is c1ccc(CC2=NCCCC3=C2NCC2=C3c3ccccc3C2)cc1. The Morgan fingerprint density at radius 2 is 1.80 bits per heavy atom. The largest absolute Gasteiger partial charge is 0.380 e. The Hall–Kier alpha value is -2.61. The van der Waals surface area contributed by atoms with Gasteiger partial charge in [0, 0.05) is 19.5 Å². The van der Waals surface area contributed by atoms with Gasteiger partial charge < -0.3 is 5.32 Å². The standard InChI is InChI=1S/C23H22N2/c1-2-7-16(8-3-1)13-21-23-20(11-6-12-24-21)22-18(15-25-23)14-17-9-4-5-10-19(17)22/h1-5,7-10,25H,6,11-15H2. The summed E-state index contributed by atoms with van der Waals surface area (Å²) in [6.07, 6.45) is 4.27. The Morgan fingerprint density at radius 3 is 2.72 bits per heavy atom. The Balaban J connectivity index is 1.58. The van der Waals surface area contributed by atoms with Gasteiger partial charge in [-0.3, -0.25) is 4.99 Å². The van der Waals surface area contributed by atoms with Crippen molar-refractivity contribution in [3.8, 4) is 0 Å². The highest BCUT2D eigenvalue weighted by Crippen LogP contribution is 2.42. The molecule has 2 aliphatic heterocycles. The molecule has 0 saturated heterocycles. The van der Waals surface area contributed by atoms with E-state index in [2.05, 4.69) is 59.9 Å².